The van der Waals surface area contributed by atoms with Gasteiger partial charge in [0, 0.05) is 37.7 Å². The Labute approximate surface area is 158 Å². The highest BCUT2D eigenvalue weighted by Gasteiger charge is 2.05. The van der Waals surface area contributed by atoms with Crippen molar-refractivity contribution in [3.63, 3.8) is 0 Å². The van der Waals surface area contributed by atoms with E-state index in [0.717, 1.165) is 24.7 Å². The van der Waals surface area contributed by atoms with Gasteiger partial charge in [-0.1, -0.05) is 18.2 Å². The van der Waals surface area contributed by atoms with Crippen molar-refractivity contribution < 1.29 is 0 Å². The topological polar surface area (TPSA) is 82.9 Å². The SMILES string of the molecule is CN=C(NCCc1c[nH]c2ccccc12)NCc1ncnn1C.I. The van der Waals surface area contributed by atoms with Crippen LogP contribution in [-0.2, 0) is 20.0 Å². The van der Waals surface area contributed by atoms with Crippen molar-refractivity contribution >= 4 is 40.8 Å². The molecule has 128 valence electrons. The van der Waals surface area contributed by atoms with Crippen LogP contribution in [0.5, 0.6) is 0 Å². The third-order valence-corrected chi connectivity index (χ3v) is 3.80. The molecule has 0 aliphatic carbocycles. The maximum absolute atomic E-state index is 4.23. The lowest BCUT2D eigenvalue weighted by atomic mass is 10.1. The second-order valence-corrected chi connectivity index (χ2v) is 5.26. The summed E-state index contributed by atoms with van der Waals surface area (Å²) in [5.41, 5.74) is 2.48. The van der Waals surface area contributed by atoms with Crippen LogP contribution >= 0.6 is 24.0 Å². The van der Waals surface area contributed by atoms with E-state index >= 15 is 0 Å². The number of para-hydroxylation sites is 1. The van der Waals surface area contributed by atoms with Crippen molar-refractivity contribution in [3.05, 3.63) is 48.2 Å². The Bertz CT molecular complexity index is 805. The molecular formula is C16H22IN7. The van der Waals surface area contributed by atoms with Crippen LogP contribution in [0.3, 0.4) is 0 Å². The van der Waals surface area contributed by atoms with E-state index < -0.39 is 0 Å². The van der Waals surface area contributed by atoms with Crippen LogP contribution in [0.4, 0.5) is 0 Å². The standard InChI is InChI=1S/C16H21N7.HI/c1-17-16(20-10-15-21-11-22-23(15)2)18-8-7-12-9-19-14-6-4-3-5-13(12)14;/h3-6,9,11,19H,7-8,10H2,1-2H3,(H2,17,18,20);1H. The molecule has 0 aliphatic heterocycles. The van der Waals surface area contributed by atoms with Gasteiger partial charge in [0.25, 0.3) is 0 Å². The third-order valence-electron chi connectivity index (χ3n) is 3.80. The largest absolute Gasteiger partial charge is 0.361 e. The molecule has 7 nitrogen and oxygen atoms in total. The zero-order valence-corrected chi connectivity index (χ0v) is 16.1. The Morgan fingerprint density at radius 1 is 1.29 bits per heavy atom. The fourth-order valence-corrected chi connectivity index (χ4v) is 2.52. The zero-order valence-electron chi connectivity index (χ0n) is 13.8. The highest BCUT2D eigenvalue weighted by molar-refractivity contribution is 14.0. The Morgan fingerprint density at radius 3 is 2.88 bits per heavy atom. The predicted molar refractivity (Wildman–Crippen MR) is 107 cm³/mol. The quantitative estimate of drug-likeness (QED) is 0.322. The number of aliphatic imine (C=N–C) groups is 1. The summed E-state index contributed by atoms with van der Waals surface area (Å²) in [6, 6.07) is 8.34. The zero-order chi connectivity index (χ0) is 16.1. The number of guanidine groups is 1. The van der Waals surface area contributed by atoms with E-state index in [0.29, 0.717) is 6.54 Å². The molecule has 1 aromatic carbocycles. The van der Waals surface area contributed by atoms with Crippen molar-refractivity contribution in [1.82, 2.24) is 30.4 Å². The molecule has 2 heterocycles. The van der Waals surface area contributed by atoms with Crippen LogP contribution in [0, 0.1) is 0 Å². The van der Waals surface area contributed by atoms with Gasteiger partial charge in [0.05, 0.1) is 6.54 Å². The minimum Gasteiger partial charge on any atom is -0.361 e. The number of hydrogen-bond donors (Lipinski definition) is 3. The van der Waals surface area contributed by atoms with Crippen molar-refractivity contribution in [3.8, 4) is 0 Å². The minimum absolute atomic E-state index is 0. The van der Waals surface area contributed by atoms with E-state index in [1.807, 2.05) is 13.1 Å². The molecule has 8 heteroatoms. The van der Waals surface area contributed by atoms with Gasteiger partial charge in [-0.2, -0.15) is 5.10 Å². The van der Waals surface area contributed by atoms with Crippen LogP contribution in [0.15, 0.2) is 41.8 Å². The molecule has 3 N–H and O–H groups in total. The number of hydrogen-bond acceptors (Lipinski definition) is 3. The molecule has 3 rings (SSSR count). The van der Waals surface area contributed by atoms with Gasteiger partial charge in [-0.3, -0.25) is 9.67 Å². The van der Waals surface area contributed by atoms with E-state index in [1.54, 1.807) is 18.1 Å². The highest BCUT2D eigenvalue weighted by Crippen LogP contribution is 2.17. The van der Waals surface area contributed by atoms with Gasteiger partial charge in [0.1, 0.15) is 12.2 Å². The summed E-state index contributed by atoms with van der Waals surface area (Å²) in [6.07, 6.45) is 4.54. The maximum Gasteiger partial charge on any atom is 0.191 e. The smallest absolute Gasteiger partial charge is 0.191 e. The summed E-state index contributed by atoms with van der Waals surface area (Å²) in [5, 5.41) is 11.9. The Morgan fingerprint density at radius 2 is 2.12 bits per heavy atom. The van der Waals surface area contributed by atoms with Crippen molar-refractivity contribution in [2.75, 3.05) is 13.6 Å². The predicted octanol–water partition coefficient (Wildman–Crippen LogP) is 1.82. The number of aryl methyl sites for hydroxylation is 1. The summed E-state index contributed by atoms with van der Waals surface area (Å²) in [6.45, 7) is 1.39. The number of nitrogens with one attached hydrogen (secondary N) is 3. The second-order valence-electron chi connectivity index (χ2n) is 5.26. The number of H-pyrrole nitrogens is 1. The average Bonchev–Trinajstić information content (AvgIpc) is 3.17. The summed E-state index contributed by atoms with van der Waals surface area (Å²) in [5.74, 6) is 1.62. The van der Waals surface area contributed by atoms with Crippen LogP contribution < -0.4 is 10.6 Å². The first-order valence-corrected chi connectivity index (χ1v) is 7.60. The van der Waals surface area contributed by atoms with Crippen LogP contribution in [0.1, 0.15) is 11.4 Å². The summed E-state index contributed by atoms with van der Waals surface area (Å²) >= 11 is 0. The number of aromatic nitrogens is 4. The Kier molecular flexibility index (Phi) is 6.59. The second kappa shape index (κ2) is 8.67. The lowest BCUT2D eigenvalue weighted by molar-refractivity contribution is 0.672. The first-order chi connectivity index (χ1) is 11.3. The minimum atomic E-state index is 0. The normalized spacial score (nSPS) is 11.3. The highest BCUT2D eigenvalue weighted by atomic mass is 127. The molecule has 0 amide bonds. The van der Waals surface area contributed by atoms with E-state index in [1.165, 1.54) is 16.5 Å². The first kappa shape index (κ1) is 18.2. The summed E-state index contributed by atoms with van der Waals surface area (Å²) < 4.78 is 1.74. The number of nitrogens with zero attached hydrogens (tertiary/aromatic N) is 4. The van der Waals surface area contributed by atoms with Crippen LogP contribution in [0.25, 0.3) is 10.9 Å². The molecule has 2 aromatic heterocycles. The lowest BCUT2D eigenvalue weighted by Crippen LogP contribution is -2.38. The molecular weight excluding hydrogens is 417 g/mol. The molecule has 3 aromatic rings. The molecule has 0 spiro atoms. The first-order valence-electron chi connectivity index (χ1n) is 7.60. The van der Waals surface area contributed by atoms with Gasteiger partial charge in [-0.05, 0) is 18.1 Å². The van der Waals surface area contributed by atoms with Gasteiger partial charge in [-0.15, -0.1) is 24.0 Å². The van der Waals surface area contributed by atoms with Gasteiger partial charge in [0.15, 0.2) is 5.96 Å². The fourth-order valence-electron chi connectivity index (χ4n) is 2.52. The number of aromatic amines is 1. The van der Waals surface area contributed by atoms with Crippen molar-refractivity contribution in [1.29, 1.82) is 0 Å². The molecule has 24 heavy (non-hydrogen) atoms. The maximum atomic E-state index is 4.23. The number of rotatable bonds is 5. The van der Waals surface area contributed by atoms with E-state index in [2.05, 4.69) is 55.1 Å². The van der Waals surface area contributed by atoms with E-state index in [4.69, 9.17) is 0 Å². The van der Waals surface area contributed by atoms with Gasteiger partial charge in [-0.25, -0.2) is 4.98 Å². The molecule has 0 saturated heterocycles. The Balaban J connectivity index is 0.00000208. The number of fused-ring (bicyclic) bond motifs is 1. The number of benzene rings is 1. The van der Waals surface area contributed by atoms with Crippen LogP contribution in [-0.4, -0.2) is 39.3 Å². The molecule has 0 bridgehead atoms. The molecule has 0 aliphatic rings. The van der Waals surface area contributed by atoms with E-state index in [-0.39, 0.29) is 24.0 Å². The summed E-state index contributed by atoms with van der Waals surface area (Å²) in [4.78, 5) is 11.7. The van der Waals surface area contributed by atoms with Crippen molar-refractivity contribution in [2.45, 2.75) is 13.0 Å². The van der Waals surface area contributed by atoms with Gasteiger partial charge >= 0.3 is 0 Å². The van der Waals surface area contributed by atoms with Gasteiger partial charge < -0.3 is 15.6 Å². The monoisotopic (exact) mass is 439 g/mol. The molecule has 0 saturated carbocycles. The molecule has 0 fully saturated rings. The lowest BCUT2D eigenvalue weighted by Gasteiger charge is -2.11. The number of halogens is 1. The van der Waals surface area contributed by atoms with Crippen LogP contribution in [0.2, 0.25) is 0 Å². The summed E-state index contributed by atoms with van der Waals surface area (Å²) in [7, 11) is 3.63. The molecule has 0 radical (unpaired) electrons. The van der Waals surface area contributed by atoms with Gasteiger partial charge in [0.2, 0.25) is 0 Å². The van der Waals surface area contributed by atoms with E-state index in [9.17, 15) is 0 Å². The Hall–Kier alpha value is -2.10. The van der Waals surface area contributed by atoms with Crippen molar-refractivity contribution in [2.24, 2.45) is 12.0 Å². The molecule has 0 atom stereocenters. The molecule has 0 unspecified atom stereocenters. The average molecular weight is 439 g/mol. The third kappa shape index (κ3) is 4.25. The fraction of sp³-hybridized carbons (Fsp3) is 0.312.